The van der Waals surface area contributed by atoms with Gasteiger partial charge in [0, 0.05) is 23.0 Å². The van der Waals surface area contributed by atoms with Crippen molar-refractivity contribution in [2.75, 3.05) is 11.1 Å². The predicted molar refractivity (Wildman–Crippen MR) is 124 cm³/mol. The monoisotopic (exact) mass is 476 g/mol. The number of thioether (sulfide) groups is 1. The summed E-state index contributed by atoms with van der Waals surface area (Å²) in [4.78, 5) is 29.6. The Hall–Kier alpha value is -2.69. The van der Waals surface area contributed by atoms with Gasteiger partial charge in [-0.05, 0) is 31.6 Å². The highest BCUT2D eigenvalue weighted by molar-refractivity contribution is 7.99. The molecule has 0 saturated carbocycles. The third-order valence-electron chi connectivity index (χ3n) is 4.27. The lowest BCUT2D eigenvalue weighted by atomic mass is 10.2. The van der Waals surface area contributed by atoms with Gasteiger partial charge in [-0.2, -0.15) is 0 Å². The molecular weight excluding hydrogens is 456 g/mol. The number of hydrogen-bond acceptors (Lipinski definition) is 7. The van der Waals surface area contributed by atoms with Gasteiger partial charge in [-0.15, -0.1) is 21.5 Å². The van der Waals surface area contributed by atoms with E-state index in [0.717, 1.165) is 16.1 Å². The number of rotatable bonds is 8. The first-order chi connectivity index (χ1) is 14.8. The summed E-state index contributed by atoms with van der Waals surface area (Å²) in [6, 6.07) is 7.26. The number of carbonyl (C=O) groups excluding carboxylic acids is 2. The van der Waals surface area contributed by atoms with Crippen molar-refractivity contribution in [3.63, 3.8) is 0 Å². The predicted octanol–water partition coefficient (Wildman–Crippen LogP) is 3.60. The first-order valence-electron chi connectivity index (χ1n) is 9.29. The number of nitrogens with one attached hydrogen (secondary N) is 2. The summed E-state index contributed by atoms with van der Waals surface area (Å²) in [5.41, 5.74) is 1.67. The van der Waals surface area contributed by atoms with Crippen LogP contribution in [0.2, 0.25) is 5.02 Å². The minimum atomic E-state index is -0.273. The SMILES string of the molecule is Cc1nc(NC(=O)CSc2nnc(CNC(=O)C=Cc3ccccc3Cl)n2C)sc1C. The molecule has 0 spiro atoms. The molecule has 0 aliphatic heterocycles. The number of carbonyl (C=O) groups is 2. The topological polar surface area (TPSA) is 102 Å². The van der Waals surface area contributed by atoms with Crippen LogP contribution in [-0.2, 0) is 23.2 Å². The van der Waals surface area contributed by atoms with Gasteiger partial charge < -0.3 is 15.2 Å². The van der Waals surface area contributed by atoms with E-state index < -0.39 is 0 Å². The van der Waals surface area contributed by atoms with Crippen LogP contribution in [0.1, 0.15) is 22.0 Å². The molecule has 31 heavy (non-hydrogen) atoms. The zero-order valence-electron chi connectivity index (χ0n) is 17.2. The Morgan fingerprint density at radius 2 is 2.03 bits per heavy atom. The molecule has 0 aliphatic rings. The summed E-state index contributed by atoms with van der Waals surface area (Å²) >= 11 is 8.78. The summed E-state index contributed by atoms with van der Waals surface area (Å²) in [5.74, 6) is 0.316. The molecule has 3 rings (SSSR count). The summed E-state index contributed by atoms with van der Waals surface area (Å²) < 4.78 is 1.74. The van der Waals surface area contributed by atoms with Crippen molar-refractivity contribution in [1.29, 1.82) is 0 Å². The average Bonchev–Trinajstić information content (AvgIpc) is 3.24. The third kappa shape index (κ3) is 6.39. The molecule has 2 heterocycles. The van der Waals surface area contributed by atoms with Gasteiger partial charge in [-0.3, -0.25) is 9.59 Å². The molecule has 0 radical (unpaired) electrons. The minimum Gasteiger partial charge on any atom is -0.345 e. The average molecular weight is 477 g/mol. The van der Waals surface area contributed by atoms with Gasteiger partial charge in [0.15, 0.2) is 16.1 Å². The molecule has 2 amide bonds. The Labute approximate surface area is 193 Å². The van der Waals surface area contributed by atoms with Gasteiger partial charge >= 0.3 is 0 Å². The highest BCUT2D eigenvalue weighted by Crippen LogP contribution is 2.22. The first kappa shape index (κ1) is 23.0. The second-order valence-electron chi connectivity index (χ2n) is 6.53. The molecule has 3 aromatic rings. The summed E-state index contributed by atoms with van der Waals surface area (Å²) in [5, 5.41) is 15.5. The third-order valence-corrected chi connectivity index (χ3v) is 6.63. The lowest BCUT2D eigenvalue weighted by Crippen LogP contribution is -2.22. The van der Waals surface area contributed by atoms with E-state index in [9.17, 15) is 9.59 Å². The fourth-order valence-corrected chi connectivity index (χ4v) is 4.20. The van der Waals surface area contributed by atoms with E-state index in [2.05, 4.69) is 25.8 Å². The Morgan fingerprint density at radius 1 is 1.26 bits per heavy atom. The molecule has 0 atom stereocenters. The smallest absolute Gasteiger partial charge is 0.244 e. The van der Waals surface area contributed by atoms with Crippen LogP contribution < -0.4 is 10.6 Å². The lowest BCUT2D eigenvalue weighted by molar-refractivity contribution is -0.116. The van der Waals surface area contributed by atoms with E-state index in [1.165, 1.54) is 29.2 Å². The molecule has 8 nitrogen and oxygen atoms in total. The summed E-state index contributed by atoms with van der Waals surface area (Å²) in [6.07, 6.45) is 3.07. The summed E-state index contributed by atoms with van der Waals surface area (Å²) in [6.45, 7) is 4.08. The zero-order valence-corrected chi connectivity index (χ0v) is 19.6. The zero-order chi connectivity index (χ0) is 22.4. The molecular formula is C20H21ClN6O2S2. The quantitative estimate of drug-likeness (QED) is 0.380. The standard InChI is InChI=1S/C20H21ClN6O2S2/c1-12-13(2)31-19(23-12)24-18(29)11-30-20-26-25-16(27(20)3)10-22-17(28)9-8-14-6-4-5-7-15(14)21/h4-9H,10-11H2,1-3H3,(H,22,28)(H,23,24,29). The number of halogens is 1. The number of aromatic nitrogens is 4. The van der Waals surface area contributed by atoms with Crippen LogP contribution in [0, 0.1) is 13.8 Å². The largest absolute Gasteiger partial charge is 0.345 e. The highest BCUT2D eigenvalue weighted by Gasteiger charge is 2.13. The molecule has 0 saturated heterocycles. The number of anilines is 1. The molecule has 2 N–H and O–H groups in total. The van der Waals surface area contributed by atoms with Gasteiger partial charge in [0.2, 0.25) is 11.8 Å². The normalized spacial score (nSPS) is 11.1. The number of nitrogens with zero attached hydrogens (tertiary/aromatic N) is 4. The van der Waals surface area contributed by atoms with Crippen LogP contribution >= 0.6 is 34.7 Å². The van der Waals surface area contributed by atoms with Crippen LogP contribution in [-0.4, -0.2) is 37.3 Å². The maximum absolute atomic E-state index is 12.2. The van der Waals surface area contributed by atoms with Crippen LogP contribution in [0.25, 0.3) is 6.08 Å². The number of aryl methyl sites for hydroxylation is 2. The second-order valence-corrected chi connectivity index (χ2v) is 9.08. The van der Waals surface area contributed by atoms with Crippen molar-refractivity contribution in [3.05, 3.63) is 57.3 Å². The molecule has 0 unspecified atom stereocenters. The highest BCUT2D eigenvalue weighted by atomic mass is 35.5. The molecule has 0 bridgehead atoms. The van der Waals surface area contributed by atoms with E-state index in [0.29, 0.717) is 21.1 Å². The fourth-order valence-electron chi connectivity index (χ4n) is 2.44. The number of hydrogen-bond donors (Lipinski definition) is 2. The van der Waals surface area contributed by atoms with Crippen molar-refractivity contribution >= 4 is 57.7 Å². The maximum atomic E-state index is 12.2. The number of thiazole rings is 1. The number of benzene rings is 1. The number of amides is 2. The Kier molecular flexibility index (Phi) is 7.83. The van der Waals surface area contributed by atoms with Crippen molar-refractivity contribution in [2.24, 2.45) is 7.05 Å². The van der Waals surface area contributed by atoms with Crippen molar-refractivity contribution in [3.8, 4) is 0 Å². The molecule has 162 valence electrons. The molecule has 0 fully saturated rings. The first-order valence-corrected chi connectivity index (χ1v) is 11.5. The Morgan fingerprint density at radius 3 is 2.74 bits per heavy atom. The molecule has 2 aromatic heterocycles. The summed E-state index contributed by atoms with van der Waals surface area (Å²) in [7, 11) is 1.79. The second kappa shape index (κ2) is 10.6. The molecule has 11 heteroatoms. The van der Waals surface area contributed by atoms with Crippen LogP contribution in [0.15, 0.2) is 35.5 Å². The van der Waals surface area contributed by atoms with E-state index in [1.807, 2.05) is 32.0 Å². The molecule has 1 aromatic carbocycles. The molecule has 0 aliphatic carbocycles. The van der Waals surface area contributed by atoms with Crippen molar-refractivity contribution in [2.45, 2.75) is 25.5 Å². The van der Waals surface area contributed by atoms with Crippen LogP contribution in [0.5, 0.6) is 0 Å². The van der Waals surface area contributed by atoms with Crippen molar-refractivity contribution in [1.82, 2.24) is 25.1 Å². The van der Waals surface area contributed by atoms with Gasteiger partial charge in [0.05, 0.1) is 18.0 Å². The van der Waals surface area contributed by atoms with Gasteiger partial charge in [-0.1, -0.05) is 41.6 Å². The van der Waals surface area contributed by atoms with E-state index >= 15 is 0 Å². The van der Waals surface area contributed by atoms with Crippen LogP contribution in [0.3, 0.4) is 0 Å². The van der Waals surface area contributed by atoms with Crippen LogP contribution in [0.4, 0.5) is 5.13 Å². The van der Waals surface area contributed by atoms with Gasteiger partial charge in [-0.25, -0.2) is 4.98 Å². The van der Waals surface area contributed by atoms with Gasteiger partial charge in [0.25, 0.3) is 0 Å². The Bertz CT molecular complexity index is 1110. The van der Waals surface area contributed by atoms with E-state index in [1.54, 1.807) is 23.8 Å². The fraction of sp³-hybridized carbons (Fsp3) is 0.250. The van der Waals surface area contributed by atoms with E-state index in [-0.39, 0.29) is 24.1 Å². The minimum absolute atomic E-state index is 0.165. The lowest BCUT2D eigenvalue weighted by Gasteiger charge is -2.05. The maximum Gasteiger partial charge on any atom is 0.244 e. The Balaban J connectivity index is 1.48. The van der Waals surface area contributed by atoms with E-state index in [4.69, 9.17) is 11.6 Å². The van der Waals surface area contributed by atoms with Gasteiger partial charge in [0.1, 0.15) is 0 Å². The van der Waals surface area contributed by atoms with Crippen molar-refractivity contribution < 1.29 is 9.59 Å².